The molecule has 9 atom stereocenters. The maximum Gasteiger partial charge on any atom is 0.297 e. The van der Waals surface area contributed by atoms with Gasteiger partial charge in [-0.15, -0.1) is 0 Å². The van der Waals surface area contributed by atoms with Crippen molar-refractivity contribution in [1.29, 1.82) is 0 Å². The Morgan fingerprint density at radius 1 is 0.975 bits per heavy atom. The summed E-state index contributed by atoms with van der Waals surface area (Å²) in [6, 6.07) is 7.01. The fourth-order valence-electron chi connectivity index (χ4n) is 9.84. The van der Waals surface area contributed by atoms with Crippen molar-refractivity contribution in [1.82, 2.24) is 0 Å². The Kier molecular flexibility index (Phi) is 8.54. The van der Waals surface area contributed by atoms with Crippen LogP contribution >= 0.6 is 0 Å². The molecule has 5 rings (SSSR count). The van der Waals surface area contributed by atoms with Gasteiger partial charge in [0.05, 0.1) is 11.0 Å². The van der Waals surface area contributed by atoms with Gasteiger partial charge in [0, 0.05) is 0 Å². The minimum Gasteiger partial charge on any atom is -0.263 e. The first kappa shape index (κ1) is 30.1. The van der Waals surface area contributed by atoms with E-state index in [1.807, 2.05) is 19.1 Å². The third kappa shape index (κ3) is 5.41. The maximum absolute atomic E-state index is 13.0. The van der Waals surface area contributed by atoms with Crippen LogP contribution < -0.4 is 0 Å². The molecule has 222 valence electrons. The Bertz CT molecular complexity index is 1210. The number of rotatable bonds is 8. The lowest BCUT2D eigenvalue weighted by Crippen LogP contribution is -2.51. The topological polar surface area (TPSA) is 43.4 Å². The molecule has 0 amide bonds. The lowest BCUT2D eigenvalue weighted by Gasteiger charge is -2.58. The van der Waals surface area contributed by atoms with Crippen LogP contribution in [0.3, 0.4) is 0 Å². The summed E-state index contributed by atoms with van der Waals surface area (Å²) in [6.45, 7) is 16.6. The molecular weight excluding hydrogens is 512 g/mol. The lowest BCUT2D eigenvalue weighted by molar-refractivity contribution is -0.0523. The molecular formula is C36H54O3S. The average molecular weight is 567 g/mol. The summed E-state index contributed by atoms with van der Waals surface area (Å²) in [5, 5.41) is 0. The highest BCUT2D eigenvalue weighted by atomic mass is 32.2. The molecule has 0 N–H and O–H groups in total. The van der Waals surface area contributed by atoms with Crippen molar-refractivity contribution in [3.05, 3.63) is 53.6 Å². The summed E-state index contributed by atoms with van der Waals surface area (Å²) < 4.78 is 31.9. The van der Waals surface area contributed by atoms with E-state index in [-0.39, 0.29) is 16.4 Å². The molecule has 3 fully saturated rings. The molecule has 0 heterocycles. The van der Waals surface area contributed by atoms with Crippen molar-refractivity contribution >= 4 is 10.1 Å². The van der Waals surface area contributed by atoms with Gasteiger partial charge in [0.1, 0.15) is 0 Å². The van der Waals surface area contributed by atoms with Crippen LogP contribution in [-0.4, -0.2) is 14.5 Å². The van der Waals surface area contributed by atoms with E-state index in [4.69, 9.17) is 4.18 Å². The van der Waals surface area contributed by atoms with Crippen molar-refractivity contribution in [2.24, 2.45) is 52.3 Å². The molecule has 40 heavy (non-hydrogen) atoms. The van der Waals surface area contributed by atoms with Gasteiger partial charge in [-0.05, 0) is 129 Å². The standard InChI is InChI=1S/C36H54O3S/c1-8-27(24(2)3)12-11-26(5)32-17-18-33-31-16-13-28-23-29(39-40(37,38)30-14-9-25(4)10-15-30)19-21-35(28,6)34(31)20-22-36(32,33)7/h9-15,24,26-27,29,31-34H,8,16-23H2,1-7H3/b12-11+/t26-,27-,29+,31-,32+,33-,34-,35+,36-/m1/s1. The summed E-state index contributed by atoms with van der Waals surface area (Å²) in [4.78, 5) is 0.268. The van der Waals surface area contributed by atoms with Gasteiger partial charge >= 0.3 is 0 Å². The smallest absolute Gasteiger partial charge is 0.263 e. The normalized spacial score (nSPS) is 37.5. The Morgan fingerprint density at radius 3 is 2.38 bits per heavy atom. The molecule has 0 aromatic heterocycles. The highest BCUT2D eigenvalue weighted by Crippen LogP contribution is 2.67. The zero-order valence-corrected chi connectivity index (χ0v) is 27.0. The number of hydrogen-bond donors (Lipinski definition) is 0. The molecule has 0 spiro atoms. The van der Waals surface area contributed by atoms with Gasteiger partial charge in [0.2, 0.25) is 0 Å². The van der Waals surface area contributed by atoms with E-state index in [1.54, 1.807) is 12.1 Å². The van der Waals surface area contributed by atoms with Gasteiger partial charge in [-0.2, -0.15) is 8.42 Å². The molecule has 1 aromatic carbocycles. The first-order valence-electron chi connectivity index (χ1n) is 16.3. The second kappa shape index (κ2) is 11.4. The van der Waals surface area contributed by atoms with E-state index >= 15 is 0 Å². The second-order valence-corrected chi connectivity index (χ2v) is 16.3. The number of benzene rings is 1. The van der Waals surface area contributed by atoms with Crippen LogP contribution in [0.2, 0.25) is 0 Å². The zero-order chi connectivity index (χ0) is 28.9. The number of hydrogen-bond acceptors (Lipinski definition) is 3. The lowest BCUT2D eigenvalue weighted by atomic mass is 9.47. The molecule has 1 aromatic rings. The van der Waals surface area contributed by atoms with E-state index in [1.165, 1.54) is 37.7 Å². The summed E-state index contributed by atoms with van der Waals surface area (Å²) in [5.41, 5.74) is 3.15. The van der Waals surface area contributed by atoms with Crippen LogP contribution in [0, 0.1) is 59.2 Å². The molecule has 0 aliphatic heterocycles. The maximum atomic E-state index is 13.0. The molecule has 0 saturated heterocycles. The quantitative estimate of drug-likeness (QED) is 0.232. The van der Waals surface area contributed by atoms with Gasteiger partial charge in [0.15, 0.2) is 0 Å². The fraction of sp³-hybridized carbons (Fsp3) is 0.722. The van der Waals surface area contributed by atoms with Gasteiger partial charge < -0.3 is 0 Å². The summed E-state index contributed by atoms with van der Waals surface area (Å²) >= 11 is 0. The van der Waals surface area contributed by atoms with Crippen molar-refractivity contribution < 1.29 is 12.6 Å². The summed E-state index contributed by atoms with van der Waals surface area (Å²) in [7, 11) is -3.74. The van der Waals surface area contributed by atoms with E-state index in [0.29, 0.717) is 23.2 Å². The highest BCUT2D eigenvalue weighted by Gasteiger charge is 2.59. The molecule has 0 unspecified atom stereocenters. The van der Waals surface area contributed by atoms with Crippen molar-refractivity contribution in [2.75, 3.05) is 0 Å². The van der Waals surface area contributed by atoms with E-state index in [9.17, 15) is 8.42 Å². The fourth-order valence-corrected chi connectivity index (χ4v) is 10.9. The molecule has 4 aliphatic carbocycles. The molecule has 3 saturated carbocycles. The minimum atomic E-state index is -3.74. The average Bonchev–Trinajstić information content (AvgIpc) is 3.26. The minimum absolute atomic E-state index is 0.187. The Balaban J connectivity index is 1.28. The zero-order valence-electron chi connectivity index (χ0n) is 26.2. The van der Waals surface area contributed by atoms with Crippen molar-refractivity contribution in [3.63, 3.8) is 0 Å². The van der Waals surface area contributed by atoms with Crippen LogP contribution in [-0.2, 0) is 14.3 Å². The predicted molar refractivity (Wildman–Crippen MR) is 165 cm³/mol. The SMILES string of the molecule is CC[C@H](/C=C/[C@@H](C)[C@@H]1CC[C@@H]2[C@H]3CC=C4C[C@@H](OS(=O)(=O)c5ccc(C)cc5)CC[C@]4(C)[C@@H]3CC[C@@]21C)C(C)C. The van der Waals surface area contributed by atoms with Crippen molar-refractivity contribution in [3.8, 4) is 0 Å². The highest BCUT2D eigenvalue weighted by molar-refractivity contribution is 7.86. The number of fused-ring (bicyclic) bond motifs is 5. The first-order valence-corrected chi connectivity index (χ1v) is 17.7. The van der Waals surface area contributed by atoms with Crippen LogP contribution in [0.5, 0.6) is 0 Å². The van der Waals surface area contributed by atoms with Gasteiger partial charge in [-0.1, -0.05) is 83.0 Å². The Hall–Kier alpha value is -1.39. The molecule has 0 bridgehead atoms. The van der Waals surface area contributed by atoms with Crippen LogP contribution in [0.25, 0.3) is 0 Å². The van der Waals surface area contributed by atoms with Gasteiger partial charge in [-0.3, -0.25) is 4.18 Å². The molecule has 4 aliphatic rings. The molecule has 0 radical (unpaired) electrons. The van der Waals surface area contributed by atoms with Crippen LogP contribution in [0.1, 0.15) is 105 Å². The molecule has 3 nitrogen and oxygen atoms in total. The number of aryl methyl sites for hydroxylation is 1. The first-order chi connectivity index (χ1) is 18.9. The Morgan fingerprint density at radius 2 is 1.70 bits per heavy atom. The van der Waals surface area contributed by atoms with E-state index in [2.05, 4.69) is 59.8 Å². The van der Waals surface area contributed by atoms with E-state index < -0.39 is 10.1 Å². The monoisotopic (exact) mass is 566 g/mol. The Labute approximate surface area is 245 Å². The summed E-state index contributed by atoms with van der Waals surface area (Å²) in [6.07, 6.45) is 17.8. The second-order valence-electron chi connectivity index (χ2n) is 14.8. The number of allylic oxidation sites excluding steroid dienone is 3. The molecule has 4 heteroatoms. The largest absolute Gasteiger partial charge is 0.297 e. The van der Waals surface area contributed by atoms with Crippen LogP contribution in [0.4, 0.5) is 0 Å². The third-order valence-electron chi connectivity index (χ3n) is 12.3. The summed E-state index contributed by atoms with van der Waals surface area (Å²) in [5.74, 6) is 5.13. The predicted octanol–water partition coefficient (Wildman–Crippen LogP) is 9.52. The van der Waals surface area contributed by atoms with Crippen LogP contribution in [0.15, 0.2) is 53.0 Å². The van der Waals surface area contributed by atoms with E-state index in [0.717, 1.165) is 54.9 Å². The van der Waals surface area contributed by atoms with Crippen molar-refractivity contribution in [2.45, 2.75) is 117 Å². The van der Waals surface area contributed by atoms with Gasteiger partial charge in [0.25, 0.3) is 10.1 Å². The third-order valence-corrected chi connectivity index (χ3v) is 13.7. The van der Waals surface area contributed by atoms with Gasteiger partial charge in [-0.25, -0.2) is 0 Å².